The molecule has 1 aromatic heterocycles. The largest absolute Gasteiger partial charge is 0.463 e. The van der Waals surface area contributed by atoms with Gasteiger partial charge in [-0.25, -0.2) is 14.2 Å². The highest BCUT2D eigenvalue weighted by atomic mass is 16.5. The Hall–Kier alpha value is -3.91. The van der Waals surface area contributed by atoms with Crippen LogP contribution in [0.25, 0.3) is 5.69 Å². The molecule has 1 atom stereocenters. The maximum absolute atomic E-state index is 13.4. The molecule has 36 heavy (non-hydrogen) atoms. The summed E-state index contributed by atoms with van der Waals surface area (Å²) in [4.78, 5) is 33.2. The van der Waals surface area contributed by atoms with Gasteiger partial charge in [0.1, 0.15) is 11.6 Å². The number of esters is 1. The molecule has 0 saturated heterocycles. The summed E-state index contributed by atoms with van der Waals surface area (Å²) in [6.45, 7) is 5.42. The molecule has 2 N–H and O–H groups in total. The number of rotatable bonds is 9. The lowest BCUT2D eigenvalue weighted by Crippen LogP contribution is -2.33. The van der Waals surface area contributed by atoms with E-state index in [9.17, 15) is 9.59 Å². The molecule has 0 bridgehead atoms. The number of fused-ring (bicyclic) bond motifs is 1. The van der Waals surface area contributed by atoms with Crippen molar-refractivity contribution in [3.63, 3.8) is 0 Å². The molecule has 2 aromatic carbocycles. The summed E-state index contributed by atoms with van der Waals surface area (Å²) in [5.41, 5.74) is 3.09. The number of nitrogens with zero attached hydrogens (tertiary/aromatic N) is 3. The van der Waals surface area contributed by atoms with E-state index in [1.807, 2.05) is 81.7 Å². The number of anilines is 2. The standard InChI is InChI=1S/C28H33N5O3/c1-5-36-27(34)22-19(2)30-26-24(23(22)20-13-8-6-9-14-20)25(29-17-12-18-32(3)4)31-28(35)33(26)21-15-10-7-11-16-21/h6-11,13-16,23,30H,5,12,17-18H2,1-4H3,(H,29,31,35). The summed E-state index contributed by atoms with van der Waals surface area (Å²) in [5, 5.41) is 6.75. The number of allylic oxidation sites excluding steroid dienone is 1. The number of ether oxygens (including phenoxy) is 1. The first-order valence-corrected chi connectivity index (χ1v) is 12.2. The van der Waals surface area contributed by atoms with Crippen molar-refractivity contribution in [1.29, 1.82) is 0 Å². The molecule has 8 nitrogen and oxygen atoms in total. The molecule has 0 amide bonds. The highest BCUT2D eigenvalue weighted by molar-refractivity contribution is 5.95. The van der Waals surface area contributed by atoms with Gasteiger partial charge in [0, 0.05) is 17.8 Å². The molecule has 1 aliphatic heterocycles. The van der Waals surface area contributed by atoms with Crippen molar-refractivity contribution in [1.82, 2.24) is 14.5 Å². The molecule has 8 heteroatoms. The molecular weight excluding hydrogens is 454 g/mol. The van der Waals surface area contributed by atoms with E-state index in [-0.39, 0.29) is 6.61 Å². The van der Waals surface area contributed by atoms with E-state index in [4.69, 9.17) is 4.74 Å². The molecule has 0 saturated carbocycles. The van der Waals surface area contributed by atoms with Crippen LogP contribution in [0.3, 0.4) is 0 Å². The van der Waals surface area contributed by atoms with Crippen molar-refractivity contribution in [3.8, 4) is 5.69 Å². The number of nitrogens with one attached hydrogen (secondary N) is 2. The monoisotopic (exact) mass is 487 g/mol. The smallest absolute Gasteiger partial charge is 0.355 e. The molecule has 0 spiro atoms. The Labute approximate surface area is 211 Å². The van der Waals surface area contributed by atoms with E-state index in [1.165, 1.54) is 0 Å². The molecular formula is C28H33N5O3. The minimum atomic E-state index is -0.471. The number of benzene rings is 2. The van der Waals surface area contributed by atoms with E-state index < -0.39 is 17.6 Å². The van der Waals surface area contributed by atoms with Crippen molar-refractivity contribution < 1.29 is 9.53 Å². The zero-order valence-electron chi connectivity index (χ0n) is 21.2. The molecule has 1 aliphatic rings. The van der Waals surface area contributed by atoms with Gasteiger partial charge in [0.2, 0.25) is 0 Å². The first-order valence-electron chi connectivity index (χ1n) is 12.2. The zero-order chi connectivity index (χ0) is 25.7. The van der Waals surface area contributed by atoms with E-state index in [1.54, 1.807) is 11.5 Å². The van der Waals surface area contributed by atoms with Gasteiger partial charge in [-0.05, 0) is 58.6 Å². The average Bonchev–Trinajstić information content (AvgIpc) is 2.86. The maximum atomic E-state index is 13.4. The van der Waals surface area contributed by atoms with E-state index in [0.717, 1.165) is 24.1 Å². The number of aromatic nitrogens is 2. The van der Waals surface area contributed by atoms with Crippen LogP contribution in [0.5, 0.6) is 0 Å². The summed E-state index contributed by atoms with van der Waals surface area (Å²) < 4.78 is 7.04. The number of carbonyl (C=O) groups is 1. The Bertz CT molecular complexity index is 1300. The predicted molar refractivity (Wildman–Crippen MR) is 143 cm³/mol. The normalized spacial score (nSPS) is 14.9. The molecule has 0 radical (unpaired) electrons. The van der Waals surface area contributed by atoms with Crippen LogP contribution in [-0.2, 0) is 9.53 Å². The maximum Gasteiger partial charge on any atom is 0.355 e. The van der Waals surface area contributed by atoms with E-state index in [2.05, 4.69) is 20.5 Å². The Morgan fingerprint density at radius 1 is 1.11 bits per heavy atom. The van der Waals surface area contributed by atoms with Crippen LogP contribution >= 0.6 is 0 Å². The molecule has 1 unspecified atom stereocenters. The molecule has 188 valence electrons. The summed E-state index contributed by atoms with van der Waals surface area (Å²) in [5.74, 6) is 0.200. The lowest BCUT2D eigenvalue weighted by atomic mass is 9.81. The van der Waals surface area contributed by atoms with Crippen LogP contribution in [0.15, 0.2) is 76.7 Å². The Morgan fingerprint density at radius 2 is 1.78 bits per heavy atom. The summed E-state index contributed by atoms with van der Waals surface area (Å²) in [6.07, 6.45) is 0.869. The average molecular weight is 488 g/mol. The van der Waals surface area contributed by atoms with Crippen molar-refractivity contribution in [2.24, 2.45) is 0 Å². The summed E-state index contributed by atoms with van der Waals surface area (Å²) >= 11 is 0. The SMILES string of the molecule is CCOC(=O)C1=C(C)Nc2c(c(NCCCN(C)C)nc(=O)n2-c2ccccc2)C1c1ccccc1. The zero-order valence-corrected chi connectivity index (χ0v) is 21.2. The first-order chi connectivity index (χ1) is 17.4. The minimum Gasteiger partial charge on any atom is -0.463 e. The fourth-order valence-corrected chi connectivity index (χ4v) is 4.55. The number of hydrogen-bond acceptors (Lipinski definition) is 7. The topological polar surface area (TPSA) is 88.5 Å². The van der Waals surface area contributed by atoms with Gasteiger partial charge in [-0.1, -0.05) is 48.5 Å². The minimum absolute atomic E-state index is 0.265. The van der Waals surface area contributed by atoms with Gasteiger partial charge < -0.3 is 20.3 Å². The van der Waals surface area contributed by atoms with Gasteiger partial charge in [-0.3, -0.25) is 0 Å². The summed E-state index contributed by atoms with van der Waals surface area (Å²) in [7, 11) is 4.05. The molecule has 0 aliphatic carbocycles. The molecule has 0 fully saturated rings. The van der Waals surface area contributed by atoms with Crippen LogP contribution in [0.2, 0.25) is 0 Å². The quantitative estimate of drug-likeness (QED) is 0.349. The number of para-hydroxylation sites is 1. The third kappa shape index (κ3) is 5.18. The predicted octanol–water partition coefficient (Wildman–Crippen LogP) is 3.99. The summed E-state index contributed by atoms with van der Waals surface area (Å²) in [6, 6.07) is 19.2. The van der Waals surface area contributed by atoms with Crippen molar-refractivity contribution in [2.45, 2.75) is 26.2 Å². The Balaban J connectivity index is 1.95. The van der Waals surface area contributed by atoms with Gasteiger partial charge in [0.05, 0.1) is 23.8 Å². The fourth-order valence-electron chi connectivity index (χ4n) is 4.55. The molecule has 3 aromatic rings. The number of hydrogen-bond donors (Lipinski definition) is 2. The Kier molecular flexibility index (Phi) is 7.85. The van der Waals surface area contributed by atoms with Crippen LogP contribution in [-0.4, -0.2) is 54.2 Å². The van der Waals surface area contributed by atoms with Crippen LogP contribution in [0.1, 0.15) is 37.3 Å². The van der Waals surface area contributed by atoms with Crippen molar-refractivity contribution in [2.75, 3.05) is 44.4 Å². The van der Waals surface area contributed by atoms with Crippen LogP contribution in [0.4, 0.5) is 11.6 Å². The van der Waals surface area contributed by atoms with Crippen LogP contribution in [0, 0.1) is 0 Å². The highest BCUT2D eigenvalue weighted by Crippen LogP contribution is 2.45. The van der Waals surface area contributed by atoms with Gasteiger partial charge in [0.25, 0.3) is 0 Å². The number of carbonyl (C=O) groups excluding carboxylic acids is 1. The second kappa shape index (κ2) is 11.2. The van der Waals surface area contributed by atoms with E-state index in [0.29, 0.717) is 35.1 Å². The first kappa shape index (κ1) is 25.2. The lowest BCUT2D eigenvalue weighted by molar-refractivity contribution is -0.138. The third-order valence-electron chi connectivity index (χ3n) is 6.14. The fraction of sp³-hybridized carbons (Fsp3) is 0.321. The van der Waals surface area contributed by atoms with Crippen molar-refractivity contribution >= 4 is 17.6 Å². The highest BCUT2D eigenvalue weighted by Gasteiger charge is 2.37. The van der Waals surface area contributed by atoms with Gasteiger partial charge in [-0.2, -0.15) is 4.98 Å². The Morgan fingerprint density at radius 3 is 2.42 bits per heavy atom. The second-order valence-electron chi connectivity index (χ2n) is 8.99. The van der Waals surface area contributed by atoms with Crippen molar-refractivity contribution in [3.05, 3.63) is 93.5 Å². The molecule has 2 heterocycles. The van der Waals surface area contributed by atoms with E-state index >= 15 is 0 Å². The third-order valence-corrected chi connectivity index (χ3v) is 6.14. The van der Waals surface area contributed by atoms with Gasteiger partial charge >= 0.3 is 11.7 Å². The second-order valence-corrected chi connectivity index (χ2v) is 8.99. The lowest BCUT2D eigenvalue weighted by Gasteiger charge is -2.33. The van der Waals surface area contributed by atoms with Gasteiger partial charge in [-0.15, -0.1) is 0 Å². The van der Waals surface area contributed by atoms with Crippen LogP contribution < -0.4 is 16.3 Å². The molecule has 4 rings (SSSR count). The van der Waals surface area contributed by atoms with Gasteiger partial charge in [0.15, 0.2) is 0 Å².